The summed E-state index contributed by atoms with van der Waals surface area (Å²) < 4.78 is 50.0. The fourth-order valence-corrected chi connectivity index (χ4v) is 1.68. The van der Waals surface area contributed by atoms with Gasteiger partial charge in [0.25, 0.3) is 0 Å². The Hall–Kier alpha value is -1.72. The largest absolute Gasteiger partial charge is 0.433 e. The van der Waals surface area contributed by atoms with Crippen LogP contribution in [0.4, 0.5) is 8.78 Å². The minimum atomic E-state index is -4.22. The number of nitriles is 1. The molecular formula is C8H6F2N2O3S. The van der Waals surface area contributed by atoms with Gasteiger partial charge in [0.15, 0.2) is 0 Å². The molecule has 1 aromatic rings. The predicted molar refractivity (Wildman–Crippen MR) is 49.2 cm³/mol. The Morgan fingerprint density at radius 3 is 2.50 bits per heavy atom. The maximum Gasteiger partial charge on any atom is 0.387 e. The van der Waals surface area contributed by atoms with Gasteiger partial charge >= 0.3 is 6.61 Å². The van der Waals surface area contributed by atoms with Crippen molar-refractivity contribution in [1.29, 1.82) is 5.26 Å². The smallest absolute Gasteiger partial charge is 0.387 e. The molecule has 0 aliphatic rings. The molecule has 0 atom stereocenters. The van der Waals surface area contributed by atoms with Crippen LogP contribution in [0.2, 0.25) is 0 Å². The Morgan fingerprint density at radius 2 is 2.06 bits per heavy atom. The average Bonchev–Trinajstić information content (AvgIpc) is 2.15. The van der Waals surface area contributed by atoms with E-state index in [0.717, 1.165) is 18.2 Å². The minimum absolute atomic E-state index is 0.0226. The van der Waals surface area contributed by atoms with Crippen LogP contribution in [-0.4, -0.2) is 15.0 Å². The second kappa shape index (κ2) is 4.42. The molecule has 0 amide bonds. The van der Waals surface area contributed by atoms with E-state index in [1.165, 1.54) is 0 Å². The number of ether oxygens (including phenoxy) is 1. The van der Waals surface area contributed by atoms with Crippen LogP contribution in [0.3, 0.4) is 0 Å². The van der Waals surface area contributed by atoms with Crippen LogP contribution >= 0.6 is 0 Å². The second-order valence-corrected chi connectivity index (χ2v) is 4.23. The van der Waals surface area contributed by atoms with E-state index >= 15 is 0 Å². The summed E-state index contributed by atoms with van der Waals surface area (Å²) in [4.78, 5) is -0.646. The van der Waals surface area contributed by atoms with Gasteiger partial charge < -0.3 is 4.74 Å². The average molecular weight is 248 g/mol. The lowest BCUT2D eigenvalue weighted by atomic mass is 10.2. The van der Waals surface area contributed by atoms with Gasteiger partial charge in [-0.05, 0) is 18.2 Å². The van der Waals surface area contributed by atoms with Crippen molar-refractivity contribution in [1.82, 2.24) is 0 Å². The lowest BCUT2D eigenvalue weighted by molar-refractivity contribution is -0.0517. The molecule has 5 nitrogen and oxygen atoms in total. The van der Waals surface area contributed by atoms with Crippen LogP contribution in [-0.2, 0) is 10.0 Å². The van der Waals surface area contributed by atoms with Crippen molar-refractivity contribution in [2.45, 2.75) is 11.5 Å². The molecule has 16 heavy (non-hydrogen) atoms. The van der Waals surface area contributed by atoms with E-state index in [9.17, 15) is 17.2 Å². The van der Waals surface area contributed by atoms with Crippen LogP contribution < -0.4 is 9.88 Å². The number of rotatable bonds is 3. The van der Waals surface area contributed by atoms with Crippen molar-refractivity contribution >= 4 is 10.0 Å². The molecule has 86 valence electrons. The van der Waals surface area contributed by atoms with Gasteiger partial charge in [-0.2, -0.15) is 14.0 Å². The zero-order valence-electron chi connectivity index (χ0n) is 7.72. The summed E-state index contributed by atoms with van der Waals surface area (Å²) in [5.41, 5.74) is -0.0226. The van der Waals surface area contributed by atoms with Crippen LogP contribution in [0.1, 0.15) is 5.56 Å². The van der Waals surface area contributed by atoms with Crippen molar-refractivity contribution in [3.63, 3.8) is 0 Å². The molecule has 0 fully saturated rings. The van der Waals surface area contributed by atoms with Gasteiger partial charge in [0.05, 0.1) is 11.6 Å². The molecule has 0 aliphatic heterocycles. The molecular weight excluding hydrogens is 242 g/mol. The minimum Gasteiger partial charge on any atom is -0.433 e. The summed E-state index contributed by atoms with van der Waals surface area (Å²) in [7, 11) is -4.22. The zero-order chi connectivity index (χ0) is 12.3. The fourth-order valence-electron chi connectivity index (χ4n) is 0.993. The van der Waals surface area contributed by atoms with Gasteiger partial charge in [0.2, 0.25) is 10.0 Å². The first-order chi connectivity index (χ1) is 7.34. The SMILES string of the molecule is N#Cc1ccc(OC(F)F)c(S(N)(=O)=O)c1. The standard InChI is InChI=1S/C8H6F2N2O3S/c9-8(10)15-6-2-1-5(4-11)3-7(6)16(12,13)14/h1-3,8H,(H2,12,13,14). The summed E-state index contributed by atoms with van der Waals surface area (Å²) in [5, 5.41) is 13.3. The lowest BCUT2D eigenvalue weighted by Crippen LogP contribution is -2.15. The number of sulfonamides is 1. The molecule has 1 aromatic carbocycles. The van der Waals surface area contributed by atoms with Gasteiger partial charge in [-0.1, -0.05) is 0 Å². The molecule has 0 heterocycles. The first-order valence-electron chi connectivity index (χ1n) is 3.86. The summed E-state index contributed by atoms with van der Waals surface area (Å²) in [6.45, 7) is -3.17. The van der Waals surface area contributed by atoms with E-state index in [1.807, 2.05) is 0 Å². The molecule has 0 bridgehead atoms. The third-order valence-electron chi connectivity index (χ3n) is 1.60. The Labute approximate surface area is 90.1 Å². The highest BCUT2D eigenvalue weighted by Crippen LogP contribution is 2.25. The normalized spacial score (nSPS) is 11.2. The van der Waals surface area contributed by atoms with Crippen LogP contribution in [0.5, 0.6) is 5.75 Å². The van der Waals surface area contributed by atoms with Gasteiger partial charge in [-0.25, -0.2) is 13.6 Å². The third-order valence-corrected chi connectivity index (χ3v) is 2.53. The predicted octanol–water partition coefficient (Wildman–Crippen LogP) is 0.807. The van der Waals surface area contributed by atoms with Crippen molar-refractivity contribution in [3.8, 4) is 11.8 Å². The van der Waals surface area contributed by atoms with Crippen LogP contribution in [0.25, 0.3) is 0 Å². The first-order valence-corrected chi connectivity index (χ1v) is 5.41. The molecule has 2 N–H and O–H groups in total. The molecule has 0 aliphatic carbocycles. The fraction of sp³-hybridized carbons (Fsp3) is 0.125. The van der Waals surface area contributed by atoms with Crippen molar-refractivity contribution in [2.24, 2.45) is 5.14 Å². The highest BCUT2D eigenvalue weighted by molar-refractivity contribution is 7.89. The molecule has 1 rings (SSSR count). The molecule has 0 spiro atoms. The number of alkyl halides is 2. The molecule has 0 aromatic heterocycles. The maximum atomic E-state index is 11.9. The van der Waals surface area contributed by atoms with Gasteiger partial charge in [0.1, 0.15) is 10.6 Å². The molecule has 0 unspecified atom stereocenters. The lowest BCUT2D eigenvalue weighted by Gasteiger charge is -2.08. The monoisotopic (exact) mass is 248 g/mol. The number of hydrogen-bond donors (Lipinski definition) is 1. The van der Waals surface area contributed by atoms with Crippen molar-refractivity contribution in [3.05, 3.63) is 23.8 Å². The topological polar surface area (TPSA) is 93.2 Å². The Morgan fingerprint density at radius 1 is 1.44 bits per heavy atom. The molecule has 0 saturated heterocycles. The third kappa shape index (κ3) is 2.88. The number of nitrogens with two attached hydrogens (primary N) is 1. The van der Waals surface area contributed by atoms with E-state index in [2.05, 4.69) is 4.74 Å². The molecule has 8 heteroatoms. The number of benzene rings is 1. The van der Waals surface area contributed by atoms with Gasteiger partial charge in [-0.15, -0.1) is 0 Å². The van der Waals surface area contributed by atoms with E-state index in [1.54, 1.807) is 6.07 Å². The number of nitrogens with zero attached hydrogens (tertiary/aromatic N) is 1. The van der Waals surface area contributed by atoms with Gasteiger partial charge in [-0.3, -0.25) is 0 Å². The molecule has 0 saturated carbocycles. The second-order valence-electron chi connectivity index (χ2n) is 2.70. The summed E-state index contributed by atoms with van der Waals surface area (Å²) in [6.07, 6.45) is 0. The highest BCUT2D eigenvalue weighted by Gasteiger charge is 2.18. The Kier molecular flexibility index (Phi) is 3.41. The Balaban J connectivity index is 3.35. The van der Waals surface area contributed by atoms with E-state index < -0.39 is 27.3 Å². The molecule has 0 radical (unpaired) electrons. The van der Waals surface area contributed by atoms with E-state index in [-0.39, 0.29) is 5.56 Å². The number of halogens is 2. The van der Waals surface area contributed by atoms with E-state index in [0.29, 0.717) is 0 Å². The first kappa shape index (κ1) is 12.4. The summed E-state index contributed by atoms with van der Waals surface area (Å²) in [6, 6.07) is 4.62. The Bertz CT molecular complexity index is 537. The number of hydrogen-bond acceptors (Lipinski definition) is 4. The van der Waals surface area contributed by atoms with Crippen molar-refractivity contribution in [2.75, 3.05) is 0 Å². The van der Waals surface area contributed by atoms with Gasteiger partial charge in [0, 0.05) is 0 Å². The summed E-state index contributed by atoms with van der Waals surface area (Å²) in [5.74, 6) is -0.587. The van der Waals surface area contributed by atoms with Crippen LogP contribution in [0, 0.1) is 11.3 Å². The van der Waals surface area contributed by atoms with Crippen LogP contribution in [0.15, 0.2) is 23.1 Å². The maximum absolute atomic E-state index is 11.9. The quantitative estimate of drug-likeness (QED) is 0.856. The van der Waals surface area contributed by atoms with E-state index in [4.69, 9.17) is 10.4 Å². The summed E-state index contributed by atoms with van der Waals surface area (Å²) >= 11 is 0. The highest BCUT2D eigenvalue weighted by atomic mass is 32.2. The zero-order valence-corrected chi connectivity index (χ0v) is 8.54. The number of primary sulfonamides is 1. The van der Waals surface area contributed by atoms with Crippen molar-refractivity contribution < 1.29 is 21.9 Å².